The maximum Gasteiger partial charge on any atom is 0.312 e. The van der Waals surface area contributed by atoms with E-state index in [-0.39, 0.29) is 46.7 Å². The fourth-order valence-corrected chi connectivity index (χ4v) is 5.68. The van der Waals surface area contributed by atoms with Gasteiger partial charge in [-0.2, -0.15) is 0 Å². The Labute approximate surface area is 257 Å². The molecule has 0 heterocycles. The highest BCUT2D eigenvalue weighted by molar-refractivity contribution is 5.76. The Morgan fingerprint density at radius 3 is 1.55 bits per heavy atom. The van der Waals surface area contributed by atoms with Crippen LogP contribution in [0.2, 0.25) is 0 Å². The largest absolute Gasteiger partial charge is 0.465 e. The number of esters is 3. The van der Waals surface area contributed by atoms with E-state index in [2.05, 4.69) is 11.7 Å². The van der Waals surface area contributed by atoms with Gasteiger partial charge in [0.2, 0.25) is 0 Å². The van der Waals surface area contributed by atoms with E-state index in [9.17, 15) is 23.2 Å². The molecule has 0 aromatic rings. The van der Waals surface area contributed by atoms with Crippen molar-refractivity contribution in [3.05, 3.63) is 0 Å². The fraction of sp³-hybridized carbons (Fsp3) is 0.912. The van der Waals surface area contributed by atoms with E-state index in [0.29, 0.717) is 6.42 Å². The number of halogens is 2. The number of alkyl halides is 2. The molecule has 0 unspecified atom stereocenters. The summed E-state index contributed by atoms with van der Waals surface area (Å²) in [5.41, 5.74) is -1.07. The quantitative estimate of drug-likeness (QED) is 0.172. The van der Waals surface area contributed by atoms with Crippen LogP contribution in [0.4, 0.5) is 8.78 Å². The van der Waals surface area contributed by atoms with Crippen molar-refractivity contribution in [1.29, 1.82) is 0 Å². The lowest BCUT2D eigenvalue weighted by atomic mass is 9.54. The average molecular weight is 609 g/mol. The number of carbonyl (C=O) groups is 3. The fourth-order valence-electron chi connectivity index (χ4n) is 5.68. The van der Waals surface area contributed by atoms with Crippen molar-refractivity contribution in [2.75, 3.05) is 13.2 Å². The van der Waals surface area contributed by atoms with E-state index in [1.54, 1.807) is 27.7 Å². The lowest BCUT2D eigenvalue weighted by Gasteiger charge is -2.56. The summed E-state index contributed by atoms with van der Waals surface area (Å²) >= 11 is 0. The summed E-state index contributed by atoms with van der Waals surface area (Å²) in [6, 6.07) is 0. The number of hydrogen-bond donors (Lipinski definition) is 0. The predicted molar refractivity (Wildman–Crippen MR) is 168 cm³/mol. The molecule has 0 aliphatic heterocycles. The normalized spacial score (nSPS) is 23.9. The van der Waals surface area contributed by atoms with Crippen LogP contribution in [-0.4, -0.2) is 42.6 Å². The first-order valence-electron chi connectivity index (χ1n) is 14.4. The van der Waals surface area contributed by atoms with Gasteiger partial charge >= 0.3 is 17.9 Å². The third-order valence-electron chi connectivity index (χ3n) is 8.76. The third kappa shape index (κ3) is 12.5. The van der Waals surface area contributed by atoms with Crippen LogP contribution >= 0.6 is 0 Å². The highest BCUT2D eigenvalue weighted by atomic mass is 19.3. The predicted octanol–water partition coefficient (Wildman–Crippen LogP) is 9.67. The molecule has 8 heteroatoms. The molecule has 0 aromatic carbocycles. The summed E-state index contributed by atoms with van der Waals surface area (Å²) in [5.74, 6) is -2.26. The minimum atomic E-state index is -3.19. The summed E-state index contributed by atoms with van der Waals surface area (Å²) in [4.78, 5) is 35.0. The van der Waals surface area contributed by atoms with Gasteiger partial charge in [0, 0.05) is 6.42 Å². The van der Waals surface area contributed by atoms with Crippen molar-refractivity contribution in [3.8, 4) is 0 Å². The van der Waals surface area contributed by atoms with Crippen molar-refractivity contribution in [2.45, 2.75) is 154 Å². The van der Waals surface area contributed by atoms with Gasteiger partial charge < -0.3 is 14.2 Å². The molecule has 0 N–H and O–H groups in total. The van der Waals surface area contributed by atoms with Gasteiger partial charge in [-0.1, -0.05) is 57.4 Å². The Morgan fingerprint density at radius 1 is 0.762 bits per heavy atom. The van der Waals surface area contributed by atoms with Crippen LogP contribution in [0.25, 0.3) is 0 Å². The van der Waals surface area contributed by atoms with E-state index >= 15 is 0 Å². The Morgan fingerprint density at radius 2 is 1.17 bits per heavy atom. The highest BCUT2D eigenvalue weighted by Gasteiger charge is 2.54. The molecule has 0 amide bonds. The topological polar surface area (TPSA) is 78.9 Å². The molecule has 42 heavy (non-hydrogen) atoms. The van der Waals surface area contributed by atoms with Crippen molar-refractivity contribution in [1.82, 2.24) is 0 Å². The second-order valence-corrected chi connectivity index (χ2v) is 13.5. The summed E-state index contributed by atoms with van der Waals surface area (Å²) in [6.07, 6.45) is 8.38. The van der Waals surface area contributed by atoms with Gasteiger partial charge in [-0.15, -0.1) is 0 Å². The van der Waals surface area contributed by atoms with Crippen LogP contribution in [0, 0.1) is 34.5 Å². The molecule has 4 saturated carbocycles. The first-order chi connectivity index (χ1) is 17.4. The second-order valence-electron chi connectivity index (χ2n) is 13.5. The molecule has 4 aliphatic carbocycles. The van der Waals surface area contributed by atoms with E-state index in [1.165, 1.54) is 19.3 Å². The van der Waals surface area contributed by atoms with Crippen LogP contribution in [0.5, 0.6) is 0 Å². The van der Waals surface area contributed by atoms with Crippen LogP contribution < -0.4 is 0 Å². The van der Waals surface area contributed by atoms with Crippen molar-refractivity contribution < 1.29 is 37.4 Å². The maximum atomic E-state index is 13.4. The van der Waals surface area contributed by atoms with Gasteiger partial charge in [-0.25, -0.2) is 8.78 Å². The zero-order valence-corrected chi connectivity index (χ0v) is 24.8. The molecule has 4 bridgehead atoms. The van der Waals surface area contributed by atoms with E-state index < -0.39 is 48.8 Å². The van der Waals surface area contributed by atoms with Crippen LogP contribution in [-0.2, 0) is 28.6 Å². The average Bonchev–Trinajstić information content (AvgIpc) is 2.81. The third-order valence-corrected chi connectivity index (χ3v) is 8.76. The smallest absolute Gasteiger partial charge is 0.312 e. The summed E-state index contributed by atoms with van der Waals surface area (Å²) in [5, 5.41) is 0. The summed E-state index contributed by atoms with van der Waals surface area (Å²) < 4.78 is 42.2. The lowest BCUT2D eigenvalue weighted by Crippen LogP contribution is -2.53. The van der Waals surface area contributed by atoms with Gasteiger partial charge in [0.25, 0.3) is 5.92 Å². The molecule has 0 spiro atoms. The second kappa shape index (κ2) is 17.5. The first-order valence-corrected chi connectivity index (χ1v) is 14.4. The lowest BCUT2D eigenvalue weighted by molar-refractivity contribution is -0.196. The summed E-state index contributed by atoms with van der Waals surface area (Å²) in [7, 11) is 0. The maximum absolute atomic E-state index is 13.4. The minimum absolute atomic E-state index is 0. The Balaban J connectivity index is -0.000000662. The van der Waals surface area contributed by atoms with Gasteiger partial charge in [-0.3, -0.25) is 14.4 Å². The van der Waals surface area contributed by atoms with E-state index in [0.717, 1.165) is 43.4 Å². The van der Waals surface area contributed by atoms with Gasteiger partial charge in [0.05, 0.1) is 23.4 Å². The molecule has 4 rings (SSSR count). The van der Waals surface area contributed by atoms with Crippen LogP contribution in [0.3, 0.4) is 0 Å². The molecule has 6 nitrogen and oxygen atoms in total. The monoisotopic (exact) mass is 608 g/mol. The molecular weight excluding hydrogens is 542 g/mol. The van der Waals surface area contributed by atoms with E-state index in [4.69, 9.17) is 9.47 Å². The minimum Gasteiger partial charge on any atom is -0.465 e. The standard InChI is InChI=1S/C16H26O2.C14H24F2O4.4CH4/c1-4-15(2,3)14(17)18-16-8-11-5-12(9-16)7-13(6-11)10-16;1-6-13(4,5)12(18)19-8-7-14(15,16)9-20-11(17)10(2)3;;;;/h11-13H,4-10H2,1-3H3;10H,6-9H2,1-5H3;4*1H4. The van der Waals surface area contributed by atoms with Gasteiger partial charge in [0.1, 0.15) is 5.60 Å². The van der Waals surface area contributed by atoms with Crippen molar-refractivity contribution in [3.63, 3.8) is 0 Å². The Hall–Kier alpha value is -1.73. The Bertz CT molecular complexity index is 799. The SMILES string of the molecule is C.C.C.C.CCC(C)(C)C(=O)OC12CC3CC(CC(C3)C1)C2.CCC(C)(C)C(=O)OCCC(F)(F)COC(=O)C(C)C. The number of hydrogen-bond acceptors (Lipinski definition) is 6. The van der Waals surface area contributed by atoms with Crippen molar-refractivity contribution >= 4 is 17.9 Å². The Kier molecular flexibility index (Phi) is 18.7. The van der Waals surface area contributed by atoms with Gasteiger partial charge in [0.15, 0.2) is 6.61 Å². The molecular formula is C34H66F2O6. The molecule has 252 valence electrons. The summed E-state index contributed by atoms with van der Waals surface area (Å²) in [6.45, 7) is 13.0. The molecule has 4 aliphatic rings. The van der Waals surface area contributed by atoms with Crippen LogP contribution in [0.1, 0.15) is 143 Å². The molecule has 0 radical (unpaired) electrons. The molecule has 4 fully saturated rings. The van der Waals surface area contributed by atoms with Gasteiger partial charge in [-0.05, 0) is 96.8 Å². The highest BCUT2D eigenvalue weighted by Crippen LogP contribution is 2.57. The molecule has 0 atom stereocenters. The molecule has 0 saturated heterocycles. The number of ether oxygens (including phenoxy) is 3. The van der Waals surface area contributed by atoms with E-state index in [1.807, 2.05) is 20.8 Å². The molecule has 0 aromatic heterocycles. The number of carbonyl (C=O) groups excluding carboxylic acids is 3. The first kappa shape index (κ1) is 44.7. The zero-order chi connectivity index (χ0) is 28.9. The van der Waals surface area contributed by atoms with Crippen molar-refractivity contribution in [2.24, 2.45) is 34.5 Å². The van der Waals surface area contributed by atoms with Crippen LogP contribution in [0.15, 0.2) is 0 Å². The zero-order valence-electron chi connectivity index (χ0n) is 24.8. The number of rotatable bonds is 11.